The Morgan fingerprint density at radius 2 is 1.97 bits per heavy atom. The highest BCUT2D eigenvalue weighted by atomic mass is 32.2. The minimum atomic E-state index is -4.50. The van der Waals surface area contributed by atoms with Gasteiger partial charge in [-0.3, -0.25) is 14.9 Å². The summed E-state index contributed by atoms with van der Waals surface area (Å²) >= 11 is 6.05. The van der Waals surface area contributed by atoms with Crippen LogP contribution in [-0.2, 0) is 14.9 Å². The molecule has 1 aliphatic rings. The molecule has 9 nitrogen and oxygen atoms in total. The molecule has 1 fully saturated rings. The molecule has 0 bridgehead atoms. The molecule has 0 radical (unpaired) electrons. The average Bonchev–Trinajstić information content (AvgIpc) is 3.00. The molecular formula is C18H14N2O7S3. The fourth-order valence-corrected chi connectivity index (χ4v) is 4.66. The van der Waals surface area contributed by atoms with Crippen molar-refractivity contribution >= 4 is 56.1 Å². The van der Waals surface area contributed by atoms with Crippen LogP contribution in [-0.4, -0.2) is 30.2 Å². The van der Waals surface area contributed by atoms with E-state index in [1.807, 2.05) is 0 Å². The molecule has 30 heavy (non-hydrogen) atoms. The van der Waals surface area contributed by atoms with Gasteiger partial charge < -0.3 is 14.2 Å². The number of nitrogens with one attached hydrogen (secondary N) is 1. The van der Waals surface area contributed by atoms with Crippen LogP contribution < -0.4 is 14.2 Å². The van der Waals surface area contributed by atoms with Crippen molar-refractivity contribution in [3.8, 4) is 11.5 Å². The molecule has 1 heterocycles. The molecule has 0 unspecified atom stereocenters. The fourth-order valence-electron chi connectivity index (χ4n) is 2.51. The first-order chi connectivity index (χ1) is 14.2. The molecular weight excluding hydrogens is 452 g/mol. The predicted molar refractivity (Wildman–Crippen MR) is 115 cm³/mol. The number of ether oxygens (including phenoxy) is 1. The van der Waals surface area contributed by atoms with Gasteiger partial charge in [0.1, 0.15) is 4.32 Å². The monoisotopic (exact) mass is 466 g/mol. The SMILES string of the molecule is CCOc1cc(/C=C2/SC(=S)NC2=O)ccc1OS(=O)(=O)c1ccccc1[N+](=O)[O-]. The normalized spacial score (nSPS) is 15.2. The van der Waals surface area contributed by atoms with Gasteiger partial charge in [-0.1, -0.05) is 42.2 Å². The van der Waals surface area contributed by atoms with Gasteiger partial charge in [0.05, 0.1) is 16.4 Å². The highest BCUT2D eigenvalue weighted by Gasteiger charge is 2.28. The summed E-state index contributed by atoms with van der Waals surface area (Å²) in [5.41, 5.74) is -0.0479. The van der Waals surface area contributed by atoms with Crippen molar-refractivity contribution in [2.45, 2.75) is 11.8 Å². The molecule has 1 aliphatic heterocycles. The molecule has 3 rings (SSSR count). The summed E-state index contributed by atoms with van der Waals surface area (Å²) in [6.45, 7) is 1.91. The first kappa shape index (κ1) is 21.7. The number of nitrogens with zero attached hydrogens (tertiary/aromatic N) is 1. The van der Waals surface area contributed by atoms with Crippen LogP contribution in [0.2, 0.25) is 0 Å². The summed E-state index contributed by atoms with van der Waals surface area (Å²) in [5, 5.41) is 13.7. The van der Waals surface area contributed by atoms with Gasteiger partial charge in [0.25, 0.3) is 11.6 Å². The van der Waals surface area contributed by atoms with Crippen LogP contribution in [0.5, 0.6) is 11.5 Å². The quantitative estimate of drug-likeness (QED) is 0.215. The van der Waals surface area contributed by atoms with Gasteiger partial charge >= 0.3 is 10.1 Å². The van der Waals surface area contributed by atoms with E-state index in [2.05, 4.69) is 5.32 Å². The maximum atomic E-state index is 12.7. The second kappa shape index (κ2) is 8.81. The van der Waals surface area contributed by atoms with Gasteiger partial charge in [-0.15, -0.1) is 0 Å². The summed E-state index contributed by atoms with van der Waals surface area (Å²) in [6, 6.07) is 9.24. The summed E-state index contributed by atoms with van der Waals surface area (Å²) in [4.78, 5) is 22.0. The molecule has 0 atom stereocenters. The number of carbonyl (C=O) groups excluding carboxylic acids is 1. The topological polar surface area (TPSA) is 125 Å². The Hall–Kier alpha value is -2.96. The van der Waals surface area contributed by atoms with Crippen LogP contribution in [0.1, 0.15) is 12.5 Å². The lowest BCUT2D eigenvalue weighted by Crippen LogP contribution is -2.17. The Labute approximate surface area is 181 Å². The number of carbonyl (C=O) groups is 1. The van der Waals surface area contributed by atoms with E-state index >= 15 is 0 Å². The van der Waals surface area contributed by atoms with Crippen molar-refractivity contribution in [1.82, 2.24) is 5.32 Å². The first-order valence-corrected chi connectivity index (χ1v) is 11.0. The second-order valence-corrected chi connectivity index (χ2v) is 8.99. The number of para-hydroxylation sites is 1. The molecule has 2 aromatic carbocycles. The number of nitro benzene ring substituents is 1. The lowest BCUT2D eigenvalue weighted by molar-refractivity contribution is -0.387. The van der Waals surface area contributed by atoms with Crippen molar-refractivity contribution in [2.24, 2.45) is 0 Å². The Balaban J connectivity index is 1.96. The molecule has 12 heteroatoms. The lowest BCUT2D eigenvalue weighted by atomic mass is 10.2. The third kappa shape index (κ3) is 4.78. The van der Waals surface area contributed by atoms with Crippen LogP contribution in [0.25, 0.3) is 6.08 Å². The van der Waals surface area contributed by atoms with Gasteiger partial charge in [-0.2, -0.15) is 8.42 Å². The molecule has 1 saturated heterocycles. The van der Waals surface area contributed by atoms with E-state index in [4.69, 9.17) is 21.1 Å². The molecule has 1 amide bonds. The van der Waals surface area contributed by atoms with E-state index in [-0.39, 0.29) is 24.0 Å². The number of thioether (sulfide) groups is 1. The van der Waals surface area contributed by atoms with E-state index < -0.39 is 25.6 Å². The second-order valence-electron chi connectivity index (χ2n) is 5.75. The minimum absolute atomic E-state index is 0.0972. The summed E-state index contributed by atoms with van der Waals surface area (Å²) < 4.78 is 36.3. The Morgan fingerprint density at radius 3 is 2.60 bits per heavy atom. The standard InChI is InChI=1S/C18H14N2O7S3/c1-2-26-14-9-11(10-15-17(21)19-18(28)29-15)7-8-13(14)27-30(24,25)16-6-4-3-5-12(16)20(22)23/h3-10H,2H2,1H3,(H,19,21,28)/b15-10+. The largest absolute Gasteiger partial charge is 0.490 e. The van der Waals surface area contributed by atoms with Crippen molar-refractivity contribution in [3.05, 3.63) is 63.0 Å². The highest BCUT2D eigenvalue weighted by Crippen LogP contribution is 2.35. The highest BCUT2D eigenvalue weighted by molar-refractivity contribution is 8.26. The molecule has 156 valence electrons. The van der Waals surface area contributed by atoms with Crippen molar-refractivity contribution in [3.63, 3.8) is 0 Å². The number of benzene rings is 2. The van der Waals surface area contributed by atoms with Gasteiger partial charge in [0.15, 0.2) is 16.4 Å². The summed E-state index contributed by atoms with van der Waals surface area (Å²) in [6.07, 6.45) is 1.57. The van der Waals surface area contributed by atoms with Crippen LogP contribution >= 0.6 is 24.0 Å². The van der Waals surface area contributed by atoms with Gasteiger partial charge in [-0.05, 0) is 36.8 Å². The first-order valence-electron chi connectivity index (χ1n) is 8.41. The fraction of sp³-hybridized carbons (Fsp3) is 0.111. The van der Waals surface area contributed by atoms with E-state index in [9.17, 15) is 23.3 Å². The number of amides is 1. The van der Waals surface area contributed by atoms with Crippen molar-refractivity contribution in [1.29, 1.82) is 0 Å². The van der Waals surface area contributed by atoms with Crippen molar-refractivity contribution < 1.29 is 27.1 Å². The molecule has 0 aliphatic carbocycles. The third-order valence-electron chi connectivity index (χ3n) is 3.74. The Kier molecular flexibility index (Phi) is 6.39. The Bertz CT molecular complexity index is 1180. The van der Waals surface area contributed by atoms with E-state index in [0.29, 0.717) is 14.8 Å². The number of nitro groups is 1. The molecule has 2 aromatic rings. The predicted octanol–water partition coefficient (Wildman–Crippen LogP) is 3.25. The molecule has 1 N–H and O–H groups in total. The number of rotatable bonds is 7. The lowest BCUT2D eigenvalue weighted by Gasteiger charge is -2.12. The average molecular weight is 467 g/mol. The zero-order valence-electron chi connectivity index (χ0n) is 15.4. The van der Waals surface area contributed by atoms with Crippen LogP contribution in [0.4, 0.5) is 5.69 Å². The van der Waals surface area contributed by atoms with Crippen LogP contribution in [0, 0.1) is 10.1 Å². The number of hydrogen-bond donors (Lipinski definition) is 1. The van der Waals surface area contributed by atoms with E-state index in [1.165, 1.54) is 30.3 Å². The summed E-state index contributed by atoms with van der Waals surface area (Å²) in [5.74, 6) is -0.376. The smallest absolute Gasteiger partial charge is 0.346 e. The van der Waals surface area contributed by atoms with E-state index in [0.717, 1.165) is 23.9 Å². The zero-order chi connectivity index (χ0) is 21.9. The van der Waals surface area contributed by atoms with Crippen LogP contribution in [0.3, 0.4) is 0 Å². The summed E-state index contributed by atoms with van der Waals surface area (Å²) in [7, 11) is -4.50. The van der Waals surface area contributed by atoms with E-state index in [1.54, 1.807) is 13.0 Å². The minimum Gasteiger partial charge on any atom is -0.490 e. The van der Waals surface area contributed by atoms with Crippen LogP contribution in [0.15, 0.2) is 52.3 Å². The van der Waals surface area contributed by atoms with Gasteiger partial charge in [0, 0.05) is 6.07 Å². The maximum Gasteiger partial charge on any atom is 0.346 e. The maximum absolute atomic E-state index is 12.7. The van der Waals surface area contributed by atoms with Gasteiger partial charge in [0.2, 0.25) is 0 Å². The Morgan fingerprint density at radius 1 is 1.23 bits per heavy atom. The number of hydrogen-bond acceptors (Lipinski definition) is 9. The molecule has 0 spiro atoms. The zero-order valence-corrected chi connectivity index (χ0v) is 17.8. The third-order valence-corrected chi connectivity index (χ3v) is 6.18. The number of thiocarbonyl (C=S) groups is 1. The van der Waals surface area contributed by atoms with Gasteiger partial charge in [-0.25, -0.2) is 0 Å². The van der Waals surface area contributed by atoms with Crippen molar-refractivity contribution in [2.75, 3.05) is 6.61 Å². The molecule has 0 aromatic heterocycles. The molecule has 0 saturated carbocycles.